The van der Waals surface area contributed by atoms with E-state index in [0.29, 0.717) is 29.1 Å². The third kappa shape index (κ3) is 4.57. The van der Waals surface area contributed by atoms with Gasteiger partial charge in [-0.1, -0.05) is 11.6 Å². The largest absolute Gasteiger partial charge is 0.473 e. The zero-order valence-electron chi connectivity index (χ0n) is 17.3. The average Bonchev–Trinajstić information content (AvgIpc) is 3.67. The van der Waals surface area contributed by atoms with Crippen LogP contribution in [0, 0.1) is 18.8 Å². The van der Waals surface area contributed by atoms with E-state index in [0.717, 1.165) is 10.6 Å². The molecule has 2 fully saturated rings. The lowest BCUT2D eigenvalue weighted by Gasteiger charge is -2.15. The van der Waals surface area contributed by atoms with Crippen LogP contribution >= 0.6 is 23.5 Å². The Hall–Kier alpha value is -2.52. The Bertz CT molecular complexity index is 1110. The van der Waals surface area contributed by atoms with Crippen molar-refractivity contribution in [2.75, 3.05) is 0 Å². The molecule has 0 spiro atoms. The number of pyridine rings is 1. The summed E-state index contributed by atoms with van der Waals surface area (Å²) >= 11 is 7.51. The summed E-state index contributed by atoms with van der Waals surface area (Å²) in [5, 5.41) is 8.88. The first-order chi connectivity index (χ1) is 15.0. The lowest BCUT2D eigenvalue weighted by molar-refractivity contribution is 0.0984. The van der Waals surface area contributed by atoms with Crippen molar-refractivity contribution in [3.8, 4) is 11.7 Å². The average molecular weight is 459 g/mol. The molecule has 0 atom stereocenters. The summed E-state index contributed by atoms with van der Waals surface area (Å²) in [5.74, 6) is 2.17. The first-order valence-corrected chi connectivity index (χ1v) is 11.5. The minimum absolute atomic E-state index is 0.116. The number of amides is 1. The van der Waals surface area contributed by atoms with Gasteiger partial charge in [0.05, 0.1) is 16.2 Å². The Balaban J connectivity index is 1.25. The fraction of sp³-hybridized carbons (Fsp3) is 0.429. The molecule has 162 valence electrons. The molecule has 3 aromatic heterocycles. The van der Waals surface area contributed by atoms with Gasteiger partial charge < -0.3 is 4.74 Å². The van der Waals surface area contributed by atoms with Gasteiger partial charge in [-0.05, 0) is 68.5 Å². The minimum atomic E-state index is -0.321. The number of ether oxygens (including phenoxy) is 1. The molecule has 0 radical (unpaired) electrons. The molecule has 2 aliphatic rings. The molecule has 1 amide bonds. The Morgan fingerprint density at radius 2 is 1.97 bits per heavy atom. The van der Waals surface area contributed by atoms with Crippen molar-refractivity contribution < 1.29 is 9.53 Å². The molecule has 0 aromatic carbocycles. The lowest BCUT2D eigenvalue weighted by Crippen LogP contribution is -2.21. The fourth-order valence-corrected chi connectivity index (χ4v) is 4.56. The summed E-state index contributed by atoms with van der Waals surface area (Å²) in [5.41, 5.74) is 1.14. The van der Waals surface area contributed by atoms with Crippen LogP contribution in [0.3, 0.4) is 0 Å². The molecule has 5 rings (SSSR count). The van der Waals surface area contributed by atoms with Gasteiger partial charge in [-0.3, -0.25) is 14.2 Å². The van der Waals surface area contributed by atoms with Gasteiger partial charge in [0.25, 0.3) is 5.91 Å². The summed E-state index contributed by atoms with van der Waals surface area (Å²) in [6.07, 6.45) is 8.93. The molecule has 3 heterocycles. The summed E-state index contributed by atoms with van der Waals surface area (Å²) in [6.45, 7) is 1.89. The molecule has 0 unspecified atom stereocenters. The van der Waals surface area contributed by atoms with Gasteiger partial charge >= 0.3 is 0 Å². The van der Waals surface area contributed by atoms with Gasteiger partial charge in [0.1, 0.15) is 11.3 Å². The van der Waals surface area contributed by atoms with Crippen molar-refractivity contribution in [3.63, 3.8) is 0 Å². The van der Waals surface area contributed by atoms with Crippen LogP contribution in [-0.4, -0.2) is 36.6 Å². The van der Waals surface area contributed by atoms with Gasteiger partial charge in [0.2, 0.25) is 5.88 Å². The van der Waals surface area contributed by atoms with Crippen molar-refractivity contribution in [3.05, 3.63) is 47.0 Å². The number of nitrogens with one attached hydrogen (secondary N) is 1. The van der Waals surface area contributed by atoms with Crippen molar-refractivity contribution in [2.45, 2.75) is 43.6 Å². The molecule has 31 heavy (non-hydrogen) atoms. The quantitative estimate of drug-likeness (QED) is 0.406. The second kappa shape index (κ2) is 8.20. The zero-order valence-corrected chi connectivity index (χ0v) is 18.9. The Morgan fingerprint density at radius 3 is 2.58 bits per heavy atom. The van der Waals surface area contributed by atoms with Crippen LogP contribution in [0.25, 0.3) is 5.82 Å². The number of hydrogen-bond acceptors (Lipinski definition) is 6. The molecule has 2 saturated carbocycles. The van der Waals surface area contributed by atoms with Crippen molar-refractivity contribution in [2.24, 2.45) is 18.9 Å². The van der Waals surface area contributed by atoms with Gasteiger partial charge in [0, 0.05) is 25.5 Å². The van der Waals surface area contributed by atoms with E-state index < -0.39 is 0 Å². The van der Waals surface area contributed by atoms with Gasteiger partial charge in [-0.2, -0.15) is 5.10 Å². The Morgan fingerprint density at radius 1 is 1.23 bits per heavy atom. The standard InChI is InChI=1S/C21H23ClN6O2S/c1-12-16(11-27(2)24-12)31-26-21(29)15-7-8-17(23-20(15)22)28-10-9-18(25-28)30-19(13-3-4-13)14-5-6-14/h7-11,13-14,19H,3-6H2,1-2H3,(H,26,29). The fourth-order valence-electron chi connectivity index (χ4n) is 3.62. The van der Waals surface area contributed by atoms with Gasteiger partial charge in [0.15, 0.2) is 5.82 Å². The predicted octanol–water partition coefficient (Wildman–Crippen LogP) is 3.97. The number of hydrogen-bond donors (Lipinski definition) is 1. The van der Waals surface area contributed by atoms with Crippen LogP contribution in [0.15, 0.2) is 35.5 Å². The molecule has 0 saturated heterocycles. The number of aryl methyl sites for hydroxylation is 2. The normalized spacial score (nSPS) is 16.0. The maximum Gasteiger partial charge on any atom is 0.264 e. The van der Waals surface area contributed by atoms with Crippen LogP contribution in [0.5, 0.6) is 5.88 Å². The molecule has 0 bridgehead atoms. The van der Waals surface area contributed by atoms with E-state index in [-0.39, 0.29) is 17.2 Å². The zero-order chi connectivity index (χ0) is 21.5. The summed E-state index contributed by atoms with van der Waals surface area (Å²) < 4.78 is 12.3. The smallest absolute Gasteiger partial charge is 0.264 e. The molecule has 1 N–H and O–H groups in total. The highest BCUT2D eigenvalue weighted by Gasteiger charge is 2.43. The topological polar surface area (TPSA) is 86.9 Å². The Labute approximate surface area is 189 Å². The monoisotopic (exact) mass is 458 g/mol. The number of nitrogens with zero attached hydrogens (tertiary/aromatic N) is 5. The molecule has 10 heteroatoms. The first kappa shape index (κ1) is 20.4. The molecule has 2 aliphatic carbocycles. The van der Waals surface area contributed by atoms with Crippen LogP contribution in [0.1, 0.15) is 41.7 Å². The van der Waals surface area contributed by atoms with Crippen LogP contribution in [0.4, 0.5) is 0 Å². The SMILES string of the molecule is Cc1nn(C)cc1SNC(=O)c1ccc(-n2ccc(OC(C3CC3)C3CC3)n2)nc1Cl. The van der Waals surface area contributed by atoms with Crippen molar-refractivity contribution in [1.82, 2.24) is 29.3 Å². The highest BCUT2D eigenvalue weighted by molar-refractivity contribution is 7.98. The van der Waals surface area contributed by atoms with Crippen LogP contribution in [-0.2, 0) is 7.05 Å². The maximum atomic E-state index is 12.5. The highest BCUT2D eigenvalue weighted by atomic mass is 35.5. The molecule has 3 aromatic rings. The first-order valence-electron chi connectivity index (χ1n) is 10.3. The predicted molar refractivity (Wildman–Crippen MR) is 118 cm³/mol. The van der Waals surface area contributed by atoms with Gasteiger partial charge in [-0.15, -0.1) is 5.10 Å². The van der Waals surface area contributed by atoms with Crippen LogP contribution < -0.4 is 9.46 Å². The van der Waals surface area contributed by atoms with Gasteiger partial charge in [-0.25, -0.2) is 9.67 Å². The molecule has 8 nitrogen and oxygen atoms in total. The summed E-state index contributed by atoms with van der Waals surface area (Å²) in [7, 11) is 1.84. The van der Waals surface area contributed by atoms with Crippen LogP contribution in [0.2, 0.25) is 5.15 Å². The van der Waals surface area contributed by atoms with E-state index in [1.807, 2.05) is 26.2 Å². The summed E-state index contributed by atoms with van der Waals surface area (Å²) in [4.78, 5) is 17.8. The van der Waals surface area contributed by atoms with E-state index in [4.69, 9.17) is 16.3 Å². The number of carbonyl (C=O) groups excluding carboxylic acids is 1. The van der Waals surface area contributed by atoms with E-state index in [1.54, 1.807) is 27.7 Å². The summed E-state index contributed by atoms with van der Waals surface area (Å²) in [6, 6.07) is 5.22. The van der Waals surface area contributed by atoms with E-state index in [9.17, 15) is 4.79 Å². The second-order valence-corrected chi connectivity index (χ2v) is 9.36. The number of halogens is 1. The van der Waals surface area contributed by atoms with Crippen molar-refractivity contribution >= 4 is 29.5 Å². The molecule has 0 aliphatic heterocycles. The lowest BCUT2D eigenvalue weighted by atomic mass is 10.1. The number of rotatable bonds is 8. The second-order valence-electron chi connectivity index (χ2n) is 8.15. The Kier molecular flexibility index (Phi) is 5.39. The minimum Gasteiger partial charge on any atom is -0.473 e. The van der Waals surface area contributed by atoms with E-state index >= 15 is 0 Å². The maximum absolute atomic E-state index is 12.5. The van der Waals surface area contributed by atoms with E-state index in [2.05, 4.69) is 19.9 Å². The van der Waals surface area contributed by atoms with Crippen molar-refractivity contribution in [1.29, 1.82) is 0 Å². The third-order valence-electron chi connectivity index (χ3n) is 5.53. The number of carbonyl (C=O) groups is 1. The highest BCUT2D eigenvalue weighted by Crippen LogP contribution is 2.46. The molecular weight excluding hydrogens is 436 g/mol. The molecular formula is C21H23ClN6O2S. The van der Waals surface area contributed by atoms with E-state index in [1.165, 1.54) is 37.6 Å². The number of aromatic nitrogens is 5. The third-order valence-corrected chi connectivity index (χ3v) is 6.73.